The zero-order valence-electron chi connectivity index (χ0n) is 9.04. The Kier molecular flexibility index (Phi) is 3.70. The summed E-state index contributed by atoms with van der Waals surface area (Å²) in [7, 11) is 0. The van der Waals surface area contributed by atoms with Crippen LogP contribution in [-0.4, -0.2) is 18.9 Å². The standard InChI is InChI=1S/C12H13Br2NO/c1-8-7-15(5-4-12(8)16)11-6-9(13)2-3-10(11)14/h2-3,6,8H,4-5,7H2,1H3. The zero-order chi connectivity index (χ0) is 11.7. The second kappa shape index (κ2) is 4.88. The first-order valence-corrected chi connectivity index (χ1v) is 6.89. The fourth-order valence-electron chi connectivity index (χ4n) is 1.96. The average Bonchev–Trinajstić information content (AvgIpc) is 2.26. The fourth-order valence-corrected chi connectivity index (χ4v) is 2.81. The molecule has 1 atom stereocenters. The molecule has 16 heavy (non-hydrogen) atoms. The molecule has 0 saturated carbocycles. The van der Waals surface area contributed by atoms with Crippen molar-refractivity contribution in [2.45, 2.75) is 13.3 Å². The van der Waals surface area contributed by atoms with Gasteiger partial charge in [0.05, 0.1) is 5.69 Å². The van der Waals surface area contributed by atoms with Gasteiger partial charge < -0.3 is 4.90 Å². The summed E-state index contributed by atoms with van der Waals surface area (Å²) >= 11 is 7.03. The van der Waals surface area contributed by atoms with Crippen LogP contribution >= 0.6 is 31.9 Å². The van der Waals surface area contributed by atoms with Gasteiger partial charge in [-0.25, -0.2) is 0 Å². The molecule has 2 nitrogen and oxygen atoms in total. The van der Waals surface area contributed by atoms with Gasteiger partial charge in [-0.2, -0.15) is 0 Å². The Labute approximate surface area is 112 Å². The lowest BCUT2D eigenvalue weighted by molar-refractivity contribution is -0.122. The van der Waals surface area contributed by atoms with E-state index in [0.29, 0.717) is 12.2 Å². The van der Waals surface area contributed by atoms with E-state index in [9.17, 15) is 4.79 Å². The molecule has 0 radical (unpaired) electrons. The molecular formula is C12H13Br2NO. The SMILES string of the molecule is CC1CN(c2cc(Br)ccc2Br)CCC1=O. The number of piperidine rings is 1. The highest BCUT2D eigenvalue weighted by Gasteiger charge is 2.24. The van der Waals surface area contributed by atoms with Crippen molar-refractivity contribution in [2.75, 3.05) is 18.0 Å². The highest BCUT2D eigenvalue weighted by molar-refractivity contribution is 9.11. The molecule has 0 amide bonds. The maximum Gasteiger partial charge on any atom is 0.139 e. The van der Waals surface area contributed by atoms with E-state index in [1.54, 1.807) is 0 Å². The van der Waals surface area contributed by atoms with E-state index in [4.69, 9.17) is 0 Å². The van der Waals surface area contributed by atoms with Crippen LogP contribution in [0.3, 0.4) is 0 Å². The second-order valence-corrected chi connectivity index (χ2v) is 5.93. The van der Waals surface area contributed by atoms with E-state index in [2.05, 4.69) is 42.8 Å². The minimum Gasteiger partial charge on any atom is -0.369 e. The molecule has 1 aromatic rings. The molecule has 1 fully saturated rings. The first kappa shape index (κ1) is 12.1. The number of carbonyl (C=O) groups is 1. The summed E-state index contributed by atoms with van der Waals surface area (Å²) in [4.78, 5) is 13.7. The van der Waals surface area contributed by atoms with Gasteiger partial charge in [0.2, 0.25) is 0 Å². The molecule has 4 heteroatoms. The van der Waals surface area contributed by atoms with Gasteiger partial charge in [0.15, 0.2) is 0 Å². The highest BCUT2D eigenvalue weighted by Crippen LogP contribution is 2.31. The smallest absolute Gasteiger partial charge is 0.139 e. The molecule has 1 heterocycles. The summed E-state index contributed by atoms with van der Waals surface area (Å²) in [6.45, 7) is 3.63. The molecule has 0 bridgehead atoms. The van der Waals surface area contributed by atoms with Crippen molar-refractivity contribution in [2.24, 2.45) is 5.92 Å². The van der Waals surface area contributed by atoms with Crippen molar-refractivity contribution >= 4 is 43.3 Å². The number of hydrogen-bond donors (Lipinski definition) is 0. The fraction of sp³-hybridized carbons (Fsp3) is 0.417. The Bertz CT molecular complexity index is 419. The molecule has 0 aromatic heterocycles. The second-order valence-electron chi connectivity index (χ2n) is 4.16. The number of carbonyl (C=O) groups excluding carboxylic acids is 1. The number of ketones is 1. The number of anilines is 1. The molecular weight excluding hydrogens is 334 g/mol. The van der Waals surface area contributed by atoms with Crippen LogP contribution in [0.1, 0.15) is 13.3 Å². The Morgan fingerprint density at radius 2 is 2.12 bits per heavy atom. The van der Waals surface area contributed by atoms with Crippen molar-refractivity contribution in [3.8, 4) is 0 Å². The van der Waals surface area contributed by atoms with Crippen LogP contribution < -0.4 is 4.90 Å². The quantitative estimate of drug-likeness (QED) is 0.773. The van der Waals surface area contributed by atoms with E-state index in [1.165, 1.54) is 0 Å². The van der Waals surface area contributed by atoms with Crippen molar-refractivity contribution in [3.63, 3.8) is 0 Å². The molecule has 1 unspecified atom stereocenters. The van der Waals surface area contributed by atoms with Crippen LogP contribution in [0.15, 0.2) is 27.1 Å². The zero-order valence-corrected chi connectivity index (χ0v) is 12.2. The van der Waals surface area contributed by atoms with Crippen LogP contribution in [0.5, 0.6) is 0 Å². The number of halogens is 2. The number of Topliss-reactive ketones (excluding diaryl/α,β-unsaturated/α-hetero) is 1. The molecule has 0 spiro atoms. The number of benzene rings is 1. The van der Waals surface area contributed by atoms with E-state index < -0.39 is 0 Å². The van der Waals surface area contributed by atoms with Gasteiger partial charge in [-0.05, 0) is 34.1 Å². The Morgan fingerprint density at radius 1 is 1.38 bits per heavy atom. The first-order chi connectivity index (χ1) is 7.58. The van der Waals surface area contributed by atoms with E-state index in [1.807, 2.05) is 19.1 Å². The maximum atomic E-state index is 11.5. The van der Waals surface area contributed by atoms with Gasteiger partial charge in [-0.3, -0.25) is 4.79 Å². The highest BCUT2D eigenvalue weighted by atomic mass is 79.9. The Morgan fingerprint density at radius 3 is 2.81 bits per heavy atom. The number of hydrogen-bond acceptors (Lipinski definition) is 2. The van der Waals surface area contributed by atoms with Crippen molar-refractivity contribution in [3.05, 3.63) is 27.1 Å². The summed E-state index contributed by atoms with van der Waals surface area (Å²) in [5, 5.41) is 0. The summed E-state index contributed by atoms with van der Waals surface area (Å²) in [5.41, 5.74) is 1.16. The third-order valence-corrected chi connectivity index (χ3v) is 4.08. The molecule has 2 rings (SSSR count). The Balaban J connectivity index is 2.24. The molecule has 0 aliphatic carbocycles. The summed E-state index contributed by atoms with van der Waals surface area (Å²) in [6, 6.07) is 6.12. The first-order valence-electron chi connectivity index (χ1n) is 5.30. The van der Waals surface area contributed by atoms with Gasteiger partial charge in [0.25, 0.3) is 0 Å². The monoisotopic (exact) mass is 345 g/mol. The van der Waals surface area contributed by atoms with Crippen molar-refractivity contribution in [1.82, 2.24) is 0 Å². The lowest BCUT2D eigenvalue weighted by atomic mass is 9.98. The van der Waals surface area contributed by atoms with Gasteiger partial charge in [-0.15, -0.1) is 0 Å². The van der Waals surface area contributed by atoms with Crippen LogP contribution in [0.25, 0.3) is 0 Å². The molecule has 0 N–H and O–H groups in total. The lowest BCUT2D eigenvalue weighted by Gasteiger charge is -2.32. The van der Waals surface area contributed by atoms with Crippen LogP contribution in [0.2, 0.25) is 0 Å². The normalized spacial score (nSPS) is 21.3. The van der Waals surface area contributed by atoms with E-state index in [-0.39, 0.29) is 5.92 Å². The van der Waals surface area contributed by atoms with Gasteiger partial charge in [0, 0.05) is 34.4 Å². The van der Waals surface area contributed by atoms with E-state index in [0.717, 1.165) is 27.7 Å². The maximum absolute atomic E-state index is 11.5. The van der Waals surface area contributed by atoms with Crippen LogP contribution in [0.4, 0.5) is 5.69 Å². The molecule has 1 aliphatic rings. The predicted octanol–water partition coefficient (Wildman–Crippen LogP) is 3.63. The molecule has 86 valence electrons. The predicted molar refractivity (Wildman–Crippen MR) is 72.8 cm³/mol. The lowest BCUT2D eigenvalue weighted by Crippen LogP contribution is -2.39. The Hall–Kier alpha value is -0.350. The molecule has 1 aromatic carbocycles. The minimum atomic E-state index is 0.139. The van der Waals surface area contributed by atoms with Crippen LogP contribution in [-0.2, 0) is 4.79 Å². The molecule has 1 aliphatic heterocycles. The largest absolute Gasteiger partial charge is 0.369 e. The van der Waals surface area contributed by atoms with Gasteiger partial charge in [-0.1, -0.05) is 22.9 Å². The molecule has 1 saturated heterocycles. The van der Waals surface area contributed by atoms with Gasteiger partial charge >= 0.3 is 0 Å². The summed E-state index contributed by atoms with van der Waals surface area (Å²) in [5.74, 6) is 0.516. The van der Waals surface area contributed by atoms with Crippen LogP contribution in [0, 0.1) is 5.92 Å². The van der Waals surface area contributed by atoms with E-state index >= 15 is 0 Å². The summed E-state index contributed by atoms with van der Waals surface area (Å²) in [6.07, 6.45) is 0.653. The van der Waals surface area contributed by atoms with Crippen molar-refractivity contribution in [1.29, 1.82) is 0 Å². The summed E-state index contributed by atoms with van der Waals surface area (Å²) < 4.78 is 2.15. The third-order valence-electron chi connectivity index (χ3n) is 2.92. The minimum absolute atomic E-state index is 0.139. The average molecular weight is 347 g/mol. The topological polar surface area (TPSA) is 20.3 Å². The third kappa shape index (κ3) is 2.48. The van der Waals surface area contributed by atoms with Gasteiger partial charge in [0.1, 0.15) is 5.78 Å². The number of nitrogens with zero attached hydrogens (tertiary/aromatic N) is 1. The van der Waals surface area contributed by atoms with Crippen molar-refractivity contribution < 1.29 is 4.79 Å². The number of rotatable bonds is 1.